The first kappa shape index (κ1) is 16.8. The number of thioether (sulfide) groups is 1. The summed E-state index contributed by atoms with van der Waals surface area (Å²) in [6.07, 6.45) is 3.68. The second kappa shape index (κ2) is 6.83. The maximum Gasteiger partial charge on any atom is 0.231 e. The first-order chi connectivity index (χ1) is 11.0. The number of fused-ring (bicyclic) bond motifs is 1. The van der Waals surface area contributed by atoms with Gasteiger partial charge in [-0.05, 0) is 37.1 Å². The lowest BCUT2D eigenvalue weighted by molar-refractivity contribution is -0.123. The number of sulfonamides is 1. The molecule has 23 heavy (non-hydrogen) atoms. The van der Waals surface area contributed by atoms with Crippen LogP contribution in [-0.4, -0.2) is 50.3 Å². The van der Waals surface area contributed by atoms with Gasteiger partial charge < -0.3 is 4.90 Å². The van der Waals surface area contributed by atoms with Crippen molar-refractivity contribution in [2.24, 2.45) is 5.92 Å². The number of para-hydroxylation sites is 1. The average molecular weight is 354 g/mol. The number of carbonyl (C=O) groups is 1. The second-order valence-corrected chi connectivity index (χ2v) is 9.24. The minimum atomic E-state index is -3.23. The van der Waals surface area contributed by atoms with Crippen molar-refractivity contribution in [2.45, 2.75) is 24.2 Å². The molecule has 2 aliphatic rings. The highest BCUT2D eigenvalue weighted by atomic mass is 32.2. The van der Waals surface area contributed by atoms with Gasteiger partial charge in [0.05, 0.1) is 17.9 Å². The van der Waals surface area contributed by atoms with Crippen LogP contribution in [0, 0.1) is 5.92 Å². The lowest BCUT2D eigenvalue weighted by Crippen LogP contribution is -2.46. The largest absolute Gasteiger partial charge is 0.311 e. The molecule has 1 saturated heterocycles. The molecule has 1 atom stereocenters. The van der Waals surface area contributed by atoms with Crippen molar-refractivity contribution in [2.75, 3.05) is 36.5 Å². The number of piperidine rings is 1. The quantitative estimate of drug-likeness (QED) is 0.817. The fourth-order valence-corrected chi connectivity index (χ4v) is 5.13. The van der Waals surface area contributed by atoms with Crippen molar-refractivity contribution in [3.05, 3.63) is 24.3 Å². The summed E-state index contributed by atoms with van der Waals surface area (Å²) in [5.74, 6) is 0.823. The number of rotatable bonds is 2. The van der Waals surface area contributed by atoms with E-state index in [1.54, 1.807) is 11.8 Å². The van der Waals surface area contributed by atoms with Crippen molar-refractivity contribution < 1.29 is 13.2 Å². The number of hydrogen-bond acceptors (Lipinski definition) is 4. The van der Waals surface area contributed by atoms with Gasteiger partial charge in [-0.25, -0.2) is 12.7 Å². The molecule has 2 heterocycles. The van der Waals surface area contributed by atoms with E-state index >= 15 is 0 Å². The third kappa shape index (κ3) is 3.72. The Morgan fingerprint density at radius 3 is 2.78 bits per heavy atom. The molecular formula is C16H22N2O3S2. The van der Waals surface area contributed by atoms with E-state index in [-0.39, 0.29) is 11.8 Å². The average Bonchev–Trinajstić information content (AvgIpc) is 2.76. The predicted octanol–water partition coefficient (Wildman–Crippen LogP) is 2.19. The third-order valence-corrected chi connectivity index (χ3v) is 6.83. The van der Waals surface area contributed by atoms with E-state index in [4.69, 9.17) is 0 Å². The summed E-state index contributed by atoms with van der Waals surface area (Å²) in [5, 5.41) is 0. The number of benzene rings is 1. The Kier molecular flexibility index (Phi) is 4.98. The highest BCUT2D eigenvalue weighted by Gasteiger charge is 2.34. The van der Waals surface area contributed by atoms with Gasteiger partial charge in [-0.3, -0.25) is 4.79 Å². The lowest BCUT2D eigenvalue weighted by atomic mass is 9.97. The predicted molar refractivity (Wildman–Crippen MR) is 93.3 cm³/mol. The zero-order valence-electron chi connectivity index (χ0n) is 13.3. The Morgan fingerprint density at radius 1 is 1.22 bits per heavy atom. The minimum absolute atomic E-state index is 0.0632. The molecule has 0 spiro atoms. The zero-order valence-corrected chi connectivity index (χ0v) is 14.9. The van der Waals surface area contributed by atoms with Crippen molar-refractivity contribution >= 4 is 33.4 Å². The van der Waals surface area contributed by atoms with Gasteiger partial charge in [0.25, 0.3) is 0 Å². The number of amides is 1. The Morgan fingerprint density at radius 2 is 2.00 bits per heavy atom. The van der Waals surface area contributed by atoms with Crippen LogP contribution in [0.2, 0.25) is 0 Å². The molecule has 1 fully saturated rings. The number of anilines is 1. The Labute approximate surface area is 142 Å². The van der Waals surface area contributed by atoms with E-state index in [2.05, 4.69) is 6.07 Å². The zero-order chi connectivity index (χ0) is 16.4. The van der Waals surface area contributed by atoms with Gasteiger partial charge in [0.1, 0.15) is 0 Å². The molecular weight excluding hydrogens is 332 g/mol. The van der Waals surface area contributed by atoms with Crippen LogP contribution < -0.4 is 4.90 Å². The molecule has 1 unspecified atom stereocenters. The van der Waals surface area contributed by atoms with E-state index in [0.717, 1.165) is 35.6 Å². The molecule has 0 N–H and O–H groups in total. The van der Waals surface area contributed by atoms with Gasteiger partial charge in [0.15, 0.2) is 0 Å². The third-order valence-electron chi connectivity index (χ3n) is 4.41. The maximum atomic E-state index is 13.0. The van der Waals surface area contributed by atoms with E-state index in [9.17, 15) is 13.2 Å². The van der Waals surface area contributed by atoms with E-state index in [0.29, 0.717) is 19.6 Å². The van der Waals surface area contributed by atoms with Gasteiger partial charge >= 0.3 is 0 Å². The standard InChI is InChI=1S/C16H22N2O3S2/c1-23(20,21)17-9-4-6-13(12-17)16(19)18-10-5-11-22-15-8-3-2-7-14(15)18/h2-3,7-8,13H,4-6,9-12H2,1H3. The summed E-state index contributed by atoms with van der Waals surface area (Å²) >= 11 is 1.78. The van der Waals surface area contributed by atoms with Crippen molar-refractivity contribution in [3.63, 3.8) is 0 Å². The SMILES string of the molecule is CS(=O)(=O)N1CCCC(C(=O)N2CCCSc3ccccc32)C1. The highest BCUT2D eigenvalue weighted by molar-refractivity contribution is 7.99. The molecule has 0 saturated carbocycles. The molecule has 0 aliphatic carbocycles. The number of hydrogen-bond donors (Lipinski definition) is 0. The van der Waals surface area contributed by atoms with Gasteiger partial charge in [-0.15, -0.1) is 11.8 Å². The van der Waals surface area contributed by atoms with Crippen LogP contribution in [-0.2, 0) is 14.8 Å². The van der Waals surface area contributed by atoms with Crippen LogP contribution >= 0.6 is 11.8 Å². The first-order valence-corrected chi connectivity index (χ1v) is 10.8. The van der Waals surface area contributed by atoms with Gasteiger partial charge in [-0.2, -0.15) is 0 Å². The highest BCUT2D eigenvalue weighted by Crippen LogP contribution is 2.35. The molecule has 1 aromatic rings. The lowest BCUT2D eigenvalue weighted by Gasteiger charge is -2.33. The van der Waals surface area contributed by atoms with Crippen molar-refractivity contribution in [3.8, 4) is 0 Å². The fourth-order valence-electron chi connectivity index (χ4n) is 3.22. The summed E-state index contributed by atoms with van der Waals surface area (Å²) in [4.78, 5) is 16.0. The van der Waals surface area contributed by atoms with Gasteiger partial charge in [0, 0.05) is 24.5 Å². The Bertz CT molecular complexity index is 690. The van der Waals surface area contributed by atoms with E-state index in [1.807, 2.05) is 23.1 Å². The van der Waals surface area contributed by atoms with Crippen LogP contribution in [0.4, 0.5) is 5.69 Å². The molecule has 1 aromatic carbocycles. The number of carbonyl (C=O) groups excluding carboxylic acids is 1. The van der Waals surface area contributed by atoms with Crippen LogP contribution in [0.25, 0.3) is 0 Å². The second-order valence-electron chi connectivity index (χ2n) is 6.12. The smallest absolute Gasteiger partial charge is 0.231 e. The Hall–Kier alpha value is -1.05. The van der Waals surface area contributed by atoms with Crippen LogP contribution in [0.5, 0.6) is 0 Å². The maximum absolute atomic E-state index is 13.0. The topological polar surface area (TPSA) is 57.7 Å². The summed E-state index contributed by atoms with van der Waals surface area (Å²) in [6.45, 7) is 1.54. The van der Waals surface area contributed by atoms with E-state index < -0.39 is 10.0 Å². The molecule has 1 amide bonds. The minimum Gasteiger partial charge on any atom is -0.311 e. The molecule has 0 radical (unpaired) electrons. The molecule has 7 heteroatoms. The molecule has 5 nitrogen and oxygen atoms in total. The monoisotopic (exact) mass is 354 g/mol. The summed E-state index contributed by atoms with van der Waals surface area (Å²) in [6, 6.07) is 7.98. The normalized spacial score (nSPS) is 23.2. The first-order valence-electron chi connectivity index (χ1n) is 7.95. The molecule has 0 aromatic heterocycles. The van der Waals surface area contributed by atoms with Crippen LogP contribution in [0.1, 0.15) is 19.3 Å². The summed E-state index contributed by atoms with van der Waals surface area (Å²) in [7, 11) is -3.23. The molecule has 2 aliphatic heterocycles. The van der Waals surface area contributed by atoms with Crippen LogP contribution in [0.3, 0.4) is 0 Å². The van der Waals surface area contributed by atoms with Crippen LogP contribution in [0.15, 0.2) is 29.2 Å². The Balaban J connectivity index is 1.82. The summed E-state index contributed by atoms with van der Waals surface area (Å²) in [5.41, 5.74) is 0.969. The van der Waals surface area contributed by atoms with Gasteiger partial charge in [-0.1, -0.05) is 12.1 Å². The van der Waals surface area contributed by atoms with Crippen molar-refractivity contribution in [1.29, 1.82) is 0 Å². The molecule has 126 valence electrons. The van der Waals surface area contributed by atoms with E-state index in [1.165, 1.54) is 10.6 Å². The van der Waals surface area contributed by atoms with Gasteiger partial charge in [0.2, 0.25) is 15.9 Å². The fraction of sp³-hybridized carbons (Fsp3) is 0.562. The van der Waals surface area contributed by atoms with Crippen molar-refractivity contribution in [1.82, 2.24) is 4.31 Å². The summed E-state index contributed by atoms with van der Waals surface area (Å²) < 4.78 is 25.0. The number of nitrogens with zero attached hydrogens (tertiary/aromatic N) is 2. The molecule has 0 bridgehead atoms. The molecule has 3 rings (SSSR count).